The van der Waals surface area contributed by atoms with E-state index < -0.39 is 5.97 Å². The minimum absolute atomic E-state index is 0.224. The topological polar surface area (TPSA) is 37.3 Å². The quantitative estimate of drug-likeness (QED) is 0.622. The fourth-order valence-electron chi connectivity index (χ4n) is 0.850. The molecular formula is C10H5Cl3O2. The Morgan fingerprint density at radius 3 is 2.27 bits per heavy atom. The molecule has 0 atom stereocenters. The minimum Gasteiger partial charge on any atom is -0.481 e. The maximum Gasteiger partial charge on any atom is 0.315 e. The highest BCUT2D eigenvalue weighted by Crippen LogP contribution is 2.30. The van der Waals surface area contributed by atoms with E-state index in [0.717, 1.165) is 0 Å². The smallest absolute Gasteiger partial charge is 0.315 e. The Bertz CT molecular complexity index is 434. The van der Waals surface area contributed by atoms with Crippen molar-refractivity contribution in [3.63, 3.8) is 0 Å². The van der Waals surface area contributed by atoms with E-state index in [1.807, 2.05) is 0 Å². The molecule has 2 nitrogen and oxygen atoms in total. The van der Waals surface area contributed by atoms with Gasteiger partial charge in [0.15, 0.2) is 0 Å². The van der Waals surface area contributed by atoms with Crippen LogP contribution in [0.25, 0.3) is 0 Å². The van der Waals surface area contributed by atoms with E-state index in [4.69, 9.17) is 39.9 Å². The molecular weight excluding hydrogens is 258 g/mol. The lowest BCUT2D eigenvalue weighted by atomic mass is 10.2. The van der Waals surface area contributed by atoms with Gasteiger partial charge in [0.1, 0.15) is 6.42 Å². The van der Waals surface area contributed by atoms with Crippen molar-refractivity contribution >= 4 is 40.8 Å². The maximum atomic E-state index is 10.2. The number of rotatable bonds is 1. The lowest BCUT2D eigenvalue weighted by Crippen LogP contribution is -1.90. The van der Waals surface area contributed by atoms with Crippen LogP contribution in [0.4, 0.5) is 0 Å². The van der Waals surface area contributed by atoms with Gasteiger partial charge >= 0.3 is 5.97 Å². The van der Waals surface area contributed by atoms with Crippen molar-refractivity contribution in [1.82, 2.24) is 0 Å². The molecule has 0 saturated carbocycles. The van der Waals surface area contributed by atoms with Crippen LogP contribution in [0.3, 0.4) is 0 Å². The SMILES string of the molecule is O=C(O)CC#Cc1cc(Cl)c(Cl)c(Cl)c1. The number of benzene rings is 1. The molecule has 0 aliphatic rings. The molecule has 0 aliphatic heterocycles. The predicted octanol–water partition coefficient (Wildman–Crippen LogP) is 3.47. The van der Waals surface area contributed by atoms with Gasteiger partial charge in [-0.05, 0) is 12.1 Å². The second kappa shape index (κ2) is 5.27. The Morgan fingerprint density at radius 2 is 1.80 bits per heavy atom. The fourth-order valence-corrected chi connectivity index (χ4v) is 1.45. The molecule has 0 unspecified atom stereocenters. The molecule has 0 aromatic heterocycles. The lowest BCUT2D eigenvalue weighted by molar-refractivity contribution is -0.135. The van der Waals surface area contributed by atoms with E-state index in [1.165, 1.54) is 12.1 Å². The monoisotopic (exact) mass is 262 g/mol. The van der Waals surface area contributed by atoms with Gasteiger partial charge < -0.3 is 5.11 Å². The third-order valence-corrected chi connectivity index (χ3v) is 2.65. The van der Waals surface area contributed by atoms with Gasteiger partial charge in [-0.3, -0.25) is 4.79 Å². The number of hydrogen-bond acceptors (Lipinski definition) is 1. The first-order valence-electron chi connectivity index (χ1n) is 3.86. The number of carboxylic acids is 1. The van der Waals surface area contributed by atoms with Crippen molar-refractivity contribution < 1.29 is 9.90 Å². The van der Waals surface area contributed by atoms with Crippen molar-refractivity contribution in [2.75, 3.05) is 0 Å². The molecule has 0 heterocycles. The largest absolute Gasteiger partial charge is 0.481 e. The third-order valence-electron chi connectivity index (χ3n) is 1.46. The summed E-state index contributed by atoms with van der Waals surface area (Å²) in [6.07, 6.45) is -0.224. The van der Waals surface area contributed by atoms with E-state index in [9.17, 15) is 4.79 Å². The zero-order chi connectivity index (χ0) is 11.4. The number of carbonyl (C=O) groups is 1. The summed E-state index contributed by atoms with van der Waals surface area (Å²) >= 11 is 17.2. The Hall–Kier alpha value is -0.880. The summed E-state index contributed by atoms with van der Waals surface area (Å²) in [5.74, 6) is 4.11. The van der Waals surface area contributed by atoms with E-state index in [1.54, 1.807) is 0 Å². The first kappa shape index (κ1) is 12.2. The molecule has 1 N–H and O–H groups in total. The van der Waals surface area contributed by atoms with E-state index >= 15 is 0 Å². The van der Waals surface area contributed by atoms with Crippen LogP contribution in [0, 0.1) is 11.8 Å². The number of aliphatic carboxylic acids is 1. The summed E-state index contributed by atoms with van der Waals surface area (Å²) in [6.45, 7) is 0. The Kier molecular flexibility index (Phi) is 4.28. The van der Waals surface area contributed by atoms with Crippen molar-refractivity contribution in [1.29, 1.82) is 0 Å². The summed E-state index contributed by atoms with van der Waals surface area (Å²) in [4.78, 5) is 10.2. The number of halogens is 3. The molecule has 0 fully saturated rings. The summed E-state index contributed by atoms with van der Waals surface area (Å²) in [5.41, 5.74) is 0.538. The van der Waals surface area contributed by atoms with Crippen LogP contribution in [0.2, 0.25) is 15.1 Å². The van der Waals surface area contributed by atoms with Gasteiger partial charge in [-0.15, -0.1) is 0 Å². The van der Waals surface area contributed by atoms with E-state index in [2.05, 4.69) is 11.8 Å². The second-order valence-corrected chi connectivity index (χ2v) is 3.82. The molecule has 0 amide bonds. The molecule has 0 spiro atoms. The van der Waals surface area contributed by atoms with Crippen LogP contribution >= 0.6 is 34.8 Å². The van der Waals surface area contributed by atoms with Gasteiger partial charge in [-0.25, -0.2) is 0 Å². The summed E-state index contributed by atoms with van der Waals surface area (Å²) in [6, 6.07) is 3.06. The standard InChI is InChI=1S/C10H5Cl3O2/c11-7-4-6(2-1-3-9(14)15)5-8(12)10(7)13/h4-5H,3H2,(H,14,15). The Balaban J connectivity index is 2.95. The highest BCUT2D eigenvalue weighted by Gasteiger charge is 2.04. The highest BCUT2D eigenvalue weighted by atomic mass is 35.5. The average Bonchev–Trinajstić information content (AvgIpc) is 2.13. The fraction of sp³-hybridized carbons (Fsp3) is 0.100. The van der Waals surface area contributed by atoms with Crippen LogP contribution < -0.4 is 0 Å². The molecule has 78 valence electrons. The van der Waals surface area contributed by atoms with Crippen molar-refractivity contribution in [3.05, 3.63) is 32.8 Å². The van der Waals surface area contributed by atoms with Crippen LogP contribution in [0.1, 0.15) is 12.0 Å². The van der Waals surface area contributed by atoms with Gasteiger partial charge in [0, 0.05) is 5.56 Å². The highest BCUT2D eigenvalue weighted by molar-refractivity contribution is 6.48. The van der Waals surface area contributed by atoms with Crippen molar-refractivity contribution in [2.24, 2.45) is 0 Å². The van der Waals surface area contributed by atoms with Gasteiger partial charge in [0.05, 0.1) is 15.1 Å². The van der Waals surface area contributed by atoms with Crippen LogP contribution in [-0.2, 0) is 4.79 Å². The van der Waals surface area contributed by atoms with Crippen LogP contribution in [0.15, 0.2) is 12.1 Å². The summed E-state index contributed by atoms with van der Waals surface area (Å²) in [7, 11) is 0. The Morgan fingerprint density at radius 1 is 1.27 bits per heavy atom. The van der Waals surface area contributed by atoms with E-state index in [0.29, 0.717) is 15.6 Å². The van der Waals surface area contributed by atoms with E-state index in [-0.39, 0.29) is 11.4 Å². The first-order valence-corrected chi connectivity index (χ1v) is 4.99. The predicted molar refractivity (Wildman–Crippen MR) is 60.6 cm³/mol. The molecule has 15 heavy (non-hydrogen) atoms. The molecule has 0 bridgehead atoms. The molecule has 1 aromatic rings. The molecule has 0 saturated heterocycles. The Labute approximate surface area is 102 Å². The molecule has 1 rings (SSSR count). The first-order chi connectivity index (χ1) is 7.00. The molecule has 1 aromatic carbocycles. The second-order valence-electron chi connectivity index (χ2n) is 2.63. The molecule has 0 aliphatic carbocycles. The van der Waals surface area contributed by atoms with Crippen molar-refractivity contribution in [2.45, 2.75) is 6.42 Å². The lowest BCUT2D eigenvalue weighted by Gasteiger charge is -1.99. The summed E-state index contributed by atoms with van der Waals surface area (Å²) in [5, 5.41) is 9.23. The van der Waals surface area contributed by atoms with Crippen LogP contribution in [-0.4, -0.2) is 11.1 Å². The number of carboxylic acid groups (broad SMARTS) is 1. The number of hydrogen-bond donors (Lipinski definition) is 1. The van der Waals surface area contributed by atoms with Crippen LogP contribution in [0.5, 0.6) is 0 Å². The molecule has 5 heteroatoms. The van der Waals surface area contributed by atoms with Gasteiger partial charge in [0.2, 0.25) is 0 Å². The molecule has 0 radical (unpaired) electrons. The van der Waals surface area contributed by atoms with Gasteiger partial charge in [-0.1, -0.05) is 46.6 Å². The van der Waals surface area contributed by atoms with Crippen molar-refractivity contribution in [3.8, 4) is 11.8 Å². The van der Waals surface area contributed by atoms with Gasteiger partial charge in [0.25, 0.3) is 0 Å². The average molecular weight is 264 g/mol. The van der Waals surface area contributed by atoms with Gasteiger partial charge in [-0.2, -0.15) is 0 Å². The zero-order valence-corrected chi connectivity index (χ0v) is 9.62. The normalized spacial score (nSPS) is 9.27. The zero-order valence-electron chi connectivity index (χ0n) is 7.35. The maximum absolute atomic E-state index is 10.2. The third kappa shape index (κ3) is 3.64. The summed E-state index contributed by atoms with van der Waals surface area (Å²) < 4.78 is 0. The minimum atomic E-state index is -0.978.